The smallest absolute Gasteiger partial charge is 0.164 e. The molecule has 0 unspecified atom stereocenters. The minimum absolute atomic E-state index is 0.617. The first-order chi connectivity index (χ1) is 29.8. The van der Waals surface area contributed by atoms with Crippen LogP contribution in [0.3, 0.4) is 0 Å². The van der Waals surface area contributed by atoms with Crippen LogP contribution < -0.4 is 4.74 Å². The van der Waals surface area contributed by atoms with Crippen molar-refractivity contribution in [3.8, 4) is 79.0 Å². The Balaban J connectivity index is 1.15. The molecule has 12 rings (SSSR count). The zero-order chi connectivity index (χ0) is 39.6. The van der Waals surface area contributed by atoms with Crippen molar-refractivity contribution in [2.75, 3.05) is 0 Å². The number of aromatic nitrogens is 4. The van der Waals surface area contributed by atoms with Crippen molar-refractivity contribution in [1.82, 2.24) is 19.9 Å². The highest BCUT2D eigenvalue weighted by molar-refractivity contribution is 6.02. The molecule has 0 N–H and O–H groups in total. The molecule has 5 heteroatoms. The minimum Gasteiger partial charge on any atom is -0.457 e. The second kappa shape index (κ2) is 13.5. The molecule has 1 aliphatic carbocycles. The van der Waals surface area contributed by atoms with Crippen molar-refractivity contribution in [3.63, 3.8) is 0 Å². The normalized spacial score (nSPS) is 12.9. The third kappa shape index (κ3) is 5.12. The van der Waals surface area contributed by atoms with Gasteiger partial charge in [0.15, 0.2) is 17.5 Å². The zero-order valence-corrected chi connectivity index (χ0v) is 32.3. The van der Waals surface area contributed by atoms with Crippen LogP contribution in [0.15, 0.2) is 206 Å². The fraction of sp³-hybridized carbons (Fsp3) is 0.0182. The first-order valence-corrected chi connectivity index (χ1v) is 20.2. The highest BCUT2D eigenvalue weighted by Crippen LogP contribution is 2.64. The highest BCUT2D eigenvalue weighted by atomic mass is 16.5. The van der Waals surface area contributed by atoms with Gasteiger partial charge in [0.25, 0.3) is 0 Å². The second-order valence-electron chi connectivity index (χ2n) is 15.3. The van der Waals surface area contributed by atoms with E-state index in [2.05, 4.69) is 163 Å². The molecule has 0 fully saturated rings. The zero-order valence-electron chi connectivity index (χ0n) is 32.3. The van der Waals surface area contributed by atoms with Crippen LogP contribution in [0.2, 0.25) is 0 Å². The molecule has 5 nitrogen and oxygen atoms in total. The van der Waals surface area contributed by atoms with E-state index in [0.717, 1.165) is 89.2 Å². The maximum atomic E-state index is 6.70. The molecule has 2 aliphatic rings. The predicted molar refractivity (Wildman–Crippen MR) is 240 cm³/mol. The molecule has 0 saturated carbocycles. The van der Waals surface area contributed by atoms with Crippen LogP contribution in [0.5, 0.6) is 11.5 Å². The molecule has 280 valence electrons. The summed E-state index contributed by atoms with van der Waals surface area (Å²) in [5.41, 5.74) is 14.4. The van der Waals surface area contributed by atoms with Crippen molar-refractivity contribution in [2.45, 2.75) is 5.41 Å². The Morgan fingerprint density at radius 3 is 1.45 bits per heavy atom. The van der Waals surface area contributed by atoms with E-state index in [4.69, 9.17) is 19.7 Å². The van der Waals surface area contributed by atoms with Gasteiger partial charge in [-0.05, 0) is 68.8 Å². The van der Waals surface area contributed by atoms with Crippen LogP contribution in [0.25, 0.3) is 78.4 Å². The van der Waals surface area contributed by atoms with Crippen LogP contribution in [-0.2, 0) is 5.41 Å². The van der Waals surface area contributed by atoms with Gasteiger partial charge in [0.1, 0.15) is 11.5 Å². The van der Waals surface area contributed by atoms with Gasteiger partial charge in [0.05, 0.1) is 10.9 Å². The Hall–Kier alpha value is -8.02. The van der Waals surface area contributed by atoms with E-state index in [1.165, 1.54) is 5.56 Å². The van der Waals surface area contributed by atoms with Gasteiger partial charge in [0, 0.05) is 39.4 Å². The summed E-state index contributed by atoms with van der Waals surface area (Å²) in [6.07, 6.45) is 1.85. The summed E-state index contributed by atoms with van der Waals surface area (Å²) in [7, 11) is 0. The lowest BCUT2D eigenvalue weighted by molar-refractivity contribution is 0.436. The van der Waals surface area contributed by atoms with Gasteiger partial charge in [-0.1, -0.05) is 176 Å². The highest BCUT2D eigenvalue weighted by Gasteiger charge is 2.52. The molecule has 2 aromatic heterocycles. The number of hydrogen-bond donors (Lipinski definition) is 0. The van der Waals surface area contributed by atoms with Crippen LogP contribution >= 0.6 is 0 Å². The maximum absolute atomic E-state index is 6.70. The first-order valence-electron chi connectivity index (χ1n) is 20.2. The molecule has 0 atom stereocenters. The first kappa shape index (κ1) is 34.1. The van der Waals surface area contributed by atoms with E-state index < -0.39 is 5.41 Å². The van der Waals surface area contributed by atoms with Crippen molar-refractivity contribution in [2.24, 2.45) is 0 Å². The Bertz CT molecular complexity index is 3180. The summed E-state index contributed by atoms with van der Waals surface area (Å²) in [5, 5.41) is 1.13. The van der Waals surface area contributed by atoms with Gasteiger partial charge in [-0.15, -0.1) is 0 Å². The van der Waals surface area contributed by atoms with Crippen LogP contribution in [0.4, 0.5) is 0 Å². The maximum Gasteiger partial charge on any atom is 0.164 e. The number of pyridine rings is 1. The summed E-state index contributed by atoms with van der Waals surface area (Å²) < 4.78 is 6.70. The molecule has 3 heterocycles. The lowest BCUT2D eigenvalue weighted by Crippen LogP contribution is -2.32. The molecular weight excluding hydrogens is 733 g/mol. The number of hydrogen-bond acceptors (Lipinski definition) is 5. The molecule has 60 heavy (non-hydrogen) atoms. The fourth-order valence-corrected chi connectivity index (χ4v) is 9.53. The van der Waals surface area contributed by atoms with Crippen molar-refractivity contribution in [3.05, 3.63) is 229 Å². The summed E-state index contributed by atoms with van der Waals surface area (Å²) in [6.45, 7) is 0. The van der Waals surface area contributed by atoms with Gasteiger partial charge in [-0.3, -0.25) is 4.98 Å². The monoisotopic (exact) mass is 766 g/mol. The van der Waals surface area contributed by atoms with Crippen molar-refractivity contribution in [1.29, 1.82) is 0 Å². The molecule has 1 aliphatic heterocycles. The largest absolute Gasteiger partial charge is 0.457 e. The minimum atomic E-state index is -0.685. The average Bonchev–Trinajstić information content (AvgIpc) is 3.63. The molecule has 1 spiro atoms. The quantitative estimate of drug-likeness (QED) is 0.175. The van der Waals surface area contributed by atoms with Gasteiger partial charge < -0.3 is 4.74 Å². The number of fused-ring (bicyclic) bond motifs is 10. The molecule has 0 bridgehead atoms. The van der Waals surface area contributed by atoms with Crippen LogP contribution in [-0.4, -0.2) is 19.9 Å². The Morgan fingerprint density at radius 2 is 0.817 bits per heavy atom. The van der Waals surface area contributed by atoms with E-state index in [-0.39, 0.29) is 0 Å². The van der Waals surface area contributed by atoms with E-state index >= 15 is 0 Å². The summed E-state index contributed by atoms with van der Waals surface area (Å²) in [5.74, 6) is 3.56. The lowest BCUT2D eigenvalue weighted by atomic mass is 9.66. The summed E-state index contributed by atoms with van der Waals surface area (Å²) in [6, 6.07) is 70.1. The Labute approximate surface area is 347 Å². The van der Waals surface area contributed by atoms with E-state index in [9.17, 15) is 0 Å². The van der Waals surface area contributed by atoms with E-state index in [1.54, 1.807) is 0 Å². The molecular formula is C55H34N4O. The molecule has 0 saturated heterocycles. The van der Waals surface area contributed by atoms with Crippen molar-refractivity contribution < 1.29 is 4.74 Å². The lowest BCUT2D eigenvalue weighted by Gasteiger charge is -2.39. The van der Waals surface area contributed by atoms with Crippen LogP contribution in [0, 0.1) is 0 Å². The predicted octanol–water partition coefficient (Wildman–Crippen LogP) is 13.2. The molecule has 10 aromatic rings. The van der Waals surface area contributed by atoms with Crippen molar-refractivity contribution >= 4 is 10.9 Å². The third-order valence-electron chi connectivity index (χ3n) is 12.1. The van der Waals surface area contributed by atoms with E-state index in [0.29, 0.717) is 17.5 Å². The Morgan fingerprint density at radius 1 is 0.333 bits per heavy atom. The fourth-order valence-electron chi connectivity index (χ4n) is 9.53. The SMILES string of the molecule is c1ccc(-c2nc(-c3ccccc3)nc(-c3cccc4c3-c3c(-c5ccc(-c6cccc7ncccc67)cc5)cccc3C43c4ccccc4Oc4ccccc43)n2)cc1. The van der Waals surface area contributed by atoms with Gasteiger partial charge >= 0.3 is 0 Å². The number of nitrogens with zero attached hydrogens (tertiary/aromatic N) is 4. The molecule has 8 aromatic carbocycles. The average molecular weight is 767 g/mol. The van der Waals surface area contributed by atoms with Gasteiger partial charge in [-0.2, -0.15) is 0 Å². The molecule has 0 amide bonds. The third-order valence-corrected chi connectivity index (χ3v) is 12.1. The summed E-state index contributed by atoms with van der Waals surface area (Å²) in [4.78, 5) is 20.3. The number of benzene rings is 8. The number of rotatable bonds is 5. The van der Waals surface area contributed by atoms with Crippen LogP contribution in [0.1, 0.15) is 22.3 Å². The number of para-hydroxylation sites is 2. The summed E-state index contributed by atoms with van der Waals surface area (Å²) >= 11 is 0. The topological polar surface area (TPSA) is 60.8 Å². The number of ether oxygens (including phenoxy) is 1. The Kier molecular flexibility index (Phi) is 7.69. The second-order valence-corrected chi connectivity index (χ2v) is 15.3. The van der Waals surface area contributed by atoms with E-state index in [1.807, 2.05) is 48.7 Å². The van der Waals surface area contributed by atoms with Gasteiger partial charge in [0.2, 0.25) is 0 Å². The molecule has 0 radical (unpaired) electrons. The van der Waals surface area contributed by atoms with Gasteiger partial charge in [-0.25, -0.2) is 15.0 Å². The standard InChI is InChI=1S/C55H34N4O/c1-3-15-37(16-4-1)52-57-53(38-17-5-2-6-18-38)59-54(58-52)42-21-12-26-46-51(42)50-40(36-32-30-35(31-33-36)39-19-13-27-47-41(39)22-14-34-56-47)20-11-25-45(50)55(46)43-23-7-9-28-48(43)60-49-29-10-8-24-44(49)55/h1-34H.